The highest BCUT2D eigenvalue weighted by Gasteiger charge is 2.40. The molecule has 0 aromatic heterocycles. The molecule has 164 valence electrons. The lowest BCUT2D eigenvalue weighted by atomic mass is 9.89. The van der Waals surface area contributed by atoms with Gasteiger partial charge in [0, 0.05) is 12.1 Å². The van der Waals surface area contributed by atoms with Crippen molar-refractivity contribution in [2.75, 3.05) is 0 Å². The summed E-state index contributed by atoms with van der Waals surface area (Å²) >= 11 is 0. The number of nitrogens with zero attached hydrogens (tertiary/aromatic N) is 2. The van der Waals surface area contributed by atoms with Gasteiger partial charge in [-0.3, -0.25) is 20.2 Å². The summed E-state index contributed by atoms with van der Waals surface area (Å²) in [5, 5.41) is 42.7. The predicted octanol–water partition coefficient (Wildman–Crippen LogP) is 2.13. The molecular formula is C20H20N2O9. The summed E-state index contributed by atoms with van der Waals surface area (Å²) in [7, 11) is 0. The molecule has 11 nitrogen and oxygen atoms in total. The number of carbonyl (C=O) groups is 1. The van der Waals surface area contributed by atoms with Gasteiger partial charge in [-0.1, -0.05) is 30.3 Å². The quantitative estimate of drug-likeness (QED) is 0.379. The zero-order chi connectivity index (χ0) is 22.5. The Labute approximate surface area is 176 Å². The molecule has 11 heteroatoms. The van der Waals surface area contributed by atoms with Crippen molar-refractivity contribution in [1.29, 1.82) is 0 Å². The van der Waals surface area contributed by atoms with E-state index in [1.807, 2.05) is 30.3 Å². The Kier molecular flexibility index (Phi) is 6.90. The van der Waals surface area contributed by atoms with Gasteiger partial charge >= 0.3 is 5.97 Å². The molecule has 1 aliphatic rings. The van der Waals surface area contributed by atoms with Gasteiger partial charge in [0.15, 0.2) is 0 Å². The van der Waals surface area contributed by atoms with Crippen LogP contribution in [0.4, 0.5) is 11.4 Å². The predicted molar refractivity (Wildman–Crippen MR) is 105 cm³/mol. The van der Waals surface area contributed by atoms with Crippen molar-refractivity contribution in [2.24, 2.45) is 0 Å². The summed E-state index contributed by atoms with van der Waals surface area (Å²) in [6, 6.07) is 11.7. The maximum Gasteiger partial charge on any atom is 0.339 e. The molecule has 2 aromatic carbocycles. The number of aliphatic hydroxyl groups excluding tert-OH is 2. The summed E-state index contributed by atoms with van der Waals surface area (Å²) < 4.78 is 10.9. The van der Waals surface area contributed by atoms with E-state index in [9.17, 15) is 35.2 Å². The summed E-state index contributed by atoms with van der Waals surface area (Å²) in [6.45, 7) is 0.233. The van der Waals surface area contributed by atoms with Crippen LogP contribution in [0.5, 0.6) is 0 Å². The van der Waals surface area contributed by atoms with Gasteiger partial charge in [0.1, 0.15) is 18.3 Å². The van der Waals surface area contributed by atoms with Crippen LogP contribution in [0.15, 0.2) is 48.5 Å². The Bertz CT molecular complexity index is 934. The second-order valence-corrected chi connectivity index (χ2v) is 7.09. The average molecular weight is 432 g/mol. The molecule has 1 saturated carbocycles. The van der Waals surface area contributed by atoms with Gasteiger partial charge in [0.05, 0.1) is 34.2 Å². The third-order valence-electron chi connectivity index (χ3n) is 4.97. The fourth-order valence-corrected chi connectivity index (χ4v) is 3.33. The van der Waals surface area contributed by atoms with E-state index in [2.05, 4.69) is 0 Å². The van der Waals surface area contributed by atoms with Crippen LogP contribution in [-0.2, 0) is 16.1 Å². The molecular weight excluding hydrogens is 412 g/mol. The summed E-state index contributed by atoms with van der Waals surface area (Å²) in [4.78, 5) is 32.6. The fraction of sp³-hybridized carbons (Fsp3) is 0.350. The molecule has 0 aliphatic heterocycles. The molecule has 0 saturated heterocycles. The van der Waals surface area contributed by atoms with Crippen LogP contribution in [0.2, 0.25) is 0 Å². The molecule has 0 bridgehead atoms. The van der Waals surface area contributed by atoms with Crippen LogP contribution in [0.1, 0.15) is 28.8 Å². The Morgan fingerprint density at radius 2 is 1.48 bits per heavy atom. The summed E-state index contributed by atoms with van der Waals surface area (Å²) in [5.41, 5.74) is -0.783. The molecule has 1 aliphatic carbocycles. The van der Waals surface area contributed by atoms with E-state index in [0.29, 0.717) is 0 Å². The van der Waals surface area contributed by atoms with Gasteiger partial charge in [-0.2, -0.15) is 0 Å². The van der Waals surface area contributed by atoms with Crippen molar-refractivity contribution in [2.45, 2.75) is 43.9 Å². The highest BCUT2D eigenvalue weighted by Crippen LogP contribution is 2.28. The van der Waals surface area contributed by atoms with Crippen LogP contribution < -0.4 is 0 Å². The number of rotatable bonds is 7. The molecule has 31 heavy (non-hydrogen) atoms. The third kappa shape index (κ3) is 5.40. The van der Waals surface area contributed by atoms with Crippen molar-refractivity contribution in [1.82, 2.24) is 0 Å². The molecule has 0 amide bonds. The first kappa shape index (κ1) is 22.3. The highest BCUT2D eigenvalue weighted by atomic mass is 16.6. The maximum absolute atomic E-state index is 12.4. The summed E-state index contributed by atoms with van der Waals surface area (Å²) in [6.07, 6.45) is -4.10. The van der Waals surface area contributed by atoms with Crippen molar-refractivity contribution in [3.8, 4) is 0 Å². The number of ether oxygens (including phenoxy) is 2. The van der Waals surface area contributed by atoms with Gasteiger partial charge in [0.25, 0.3) is 11.4 Å². The molecule has 0 radical (unpaired) electrons. The number of hydrogen-bond donors (Lipinski definition) is 2. The monoisotopic (exact) mass is 432 g/mol. The number of nitro groups is 2. The number of benzene rings is 2. The lowest BCUT2D eigenvalue weighted by Crippen LogP contribution is -2.51. The van der Waals surface area contributed by atoms with Crippen LogP contribution in [0, 0.1) is 20.2 Å². The van der Waals surface area contributed by atoms with Crippen LogP contribution in [-0.4, -0.2) is 50.4 Å². The maximum atomic E-state index is 12.4. The van der Waals surface area contributed by atoms with Crippen molar-refractivity contribution in [3.05, 3.63) is 79.9 Å². The first-order valence-electron chi connectivity index (χ1n) is 9.43. The molecule has 4 atom stereocenters. The molecule has 2 N–H and O–H groups in total. The van der Waals surface area contributed by atoms with Gasteiger partial charge in [0.2, 0.25) is 0 Å². The molecule has 3 rings (SSSR count). The molecule has 0 spiro atoms. The summed E-state index contributed by atoms with van der Waals surface area (Å²) in [5.74, 6) is -1.08. The van der Waals surface area contributed by atoms with Crippen LogP contribution in [0.3, 0.4) is 0 Å². The Morgan fingerprint density at radius 1 is 0.935 bits per heavy atom. The molecule has 0 unspecified atom stereocenters. The standard InChI is InChI=1S/C20H20N2O9/c23-18-16(30-11-12-4-2-1-3-5-12)6-7-17(19(18)24)31-20(25)13-8-14(21(26)27)10-15(9-13)22(28)29/h1-5,8-10,16-19,23-24H,6-7,11H2/t16-,17-,18+,19-/m0/s1. The minimum Gasteiger partial charge on any atom is -0.456 e. The first-order valence-corrected chi connectivity index (χ1v) is 9.43. The van der Waals surface area contributed by atoms with Crippen molar-refractivity contribution in [3.63, 3.8) is 0 Å². The minimum absolute atomic E-state index is 0.167. The Balaban J connectivity index is 1.65. The Hall–Kier alpha value is -3.41. The normalized spacial score (nSPS) is 23.2. The van der Waals surface area contributed by atoms with Gasteiger partial charge < -0.3 is 19.7 Å². The van der Waals surface area contributed by atoms with E-state index >= 15 is 0 Å². The average Bonchev–Trinajstić information content (AvgIpc) is 2.76. The zero-order valence-electron chi connectivity index (χ0n) is 16.2. The number of aliphatic hydroxyl groups is 2. The highest BCUT2D eigenvalue weighted by molar-refractivity contribution is 5.91. The van der Waals surface area contributed by atoms with Gasteiger partial charge in [-0.25, -0.2) is 4.79 Å². The van der Waals surface area contributed by atoms with Gasteiger partial charge in [-0.15, -0.1) is 0 Å². The lowest BCUT2D eigenvalue weighted by molar-refractivity contribution is -0.394. The topological polar surface area (TPSA) is 162 Å². The number of non-ortho nitro benzene ring substituents is 2. The third-order valence-corrected chi connectivity index (χ3v) is 4.97. The van der Waals surface area contributed by atoms with Crippen molar-refractivity contribution >= 4 is 17.3 Å². The van der Waals surface area contributed by atoms with E-state index in [1.54, 1.807) is 0 Å². The number of hydrogen-bond acceptors (Lipinski definition) is 9. The molecule has 0 heterocycles. The van der Waals surface area contributed by atoms with E-state index < -0.39 is 57.2 Å². The van der Waals surface area contributed by atoms with E-state index in [0.717, 1.165) is 23.8 Å². The molecule has 2 aromatic rings. The molecule has 1 fully saturated rings. The lowest BCUT2D eigenvalue weighted by Gasteiger charge is -2.36. The number of carbonyl (C=O) groups excluding carboxylic acids is 1. The smallest absolute Gasteiger partial charge is 0.339 e. The fourth-order valence-electron chi connectivity index (χ4n) is 3.33. The first-order chi connectivity index (χ1) is 14.8. The minimum atomic E-state index is -1.45. The second-order valence-electron chi connectivity index (χ2n) is 7.09. The van der Waals surface area contributed by atoms with Crippen molar-refractivity contribution < 1.29 is 34.3 Å². The second kappa shape index (κ2) is 9.60. The number of esters is 1. The Morgan fingerprint density at radius 3 is 2.06 bits per heavy atom. The van der Waals surface area contributed by atoms with E-state index in [4.69, 9.17) is 9.47 Å². The largest absolute Gasteiger partial charge is 0.456 e. The van der Waals surface area contributed by atoms with Crippen LogP contribution >= 0.6 is 0 Å². The zero-order valence-corrected chi connectivity index (χ0v) is 16.2. The van der Waals surface area contributed by atoms with Crippen LogP contribution in [0.25, 0.3) is 0 Å². The number of nitro benzene ring substituents is 2. The SMILES string of the molecule is O=C(O[C@H]1CC[C@H](OCc2ccccc2)[C@@H](O)[C@H]1O)c1cc([N+](=O)[O-])cc([N+](=O)[O-])c1. The van der Waals surface area contributed by atoms with E-state index in [-0.39, 0.29) is 19.4 Å². The van der Waals surface area contributed by atoms with E-state index in [1.165, 1.54) is 0 Å². The van der Waals surface area contributed by atoms with Gasteiger partial charge in [-0.05, 0) is 18.4 Å².